The van der Waals surface area contributed by atoms with Gasteiger partial charge in [0.25, 0.3) is 0 Å². The van der Waals surface area contributed by atoms with Gasteiger partial charge in [-0.3, -0.25) is 4.90 Å². The Labute approximate surface area is 101 Å². The molecule has 3 rings (SSSR count). The van der Waals surface area contributed by atoms with Crippen molar-refractivity contribution in [2.75, 3.05) is 13.6 Å². The van der Waals surface area contributed by atoms with Gasteiger partial charge in [-0.25, -0.2) is 0 Å². The zero-order valence-corrected chi connectivity index (χ0v) is 9.80. The topological polar surface area (TPSA) is 25.6 Å². The molecular formula is C14H15NO2. The summed E-state index contributed by atoms with van der Waals surface area (Å²) < 4.78 is 11.5. The molecule has 0 bridgehead atoms. The monoisotopic (exact) mass is 229 g/mol. The van der Waals surface area contributed by atoms with Crippen LogP contribution in [-0.4, -0.2) is 18.5 Å². The van der Waals surface area contributed by atoms with Gasteiger partial charge in [-0.1, -0.05) is 18.2 Å². The summed E-state index contributed by atoms with van der Waals surface area (Å²) in [7, 11) is 2.08. The molecule has 0 spiro atoms. The predicted molar refractivity (Wildman–Crippen MR) is 64.9 cm³/mol. The molecule has 88 valence electrons. The number of rotatable bonds is 2. The van der Waals surface area contributed by atoms with Crippen molar-refractivity contribution in [2.45, 2.75) is 12.6 Å². The van der Waals surface area contributed by atoms with Crippen LogP contribution in [0.5, 0.6) is 5.75 Å². The zero-order chi connectivity index (χ0) is 11.7. The molecule has 0 amide bonds. The highest BCUT2D eigenvalue weighted by molar-refractivity contribution is 5.27. The maximum Gasteiger partial charge on any atom is 0.140 e. The average Bonchev–Trinajstić information content (AvgIpc) is 2.78. The van der Waals surface area contributed by atoms with Crippen molar-refractivity contribution >= 4 is 0 Å². The van der Waals surface area contributed by atoms with E-state index in [4.69, 9.17) is 9.15 Å². The molecule has 2 aromatic rings. The van der Waals surface area contributed by atoms with Gasteiger partial charge in [0.2, 0.25) is 0 Å². The van der Waals surface area contributed by atoms with E-state index in [0.29, 0.717) is 0 Å². The summed E-state index contributed by atoms with van der Waals surface area (Å²) in [6, 6.07) is 11.9. The average molecular weight is 229 g/mol. The van der Waals surface area contributed by atoms with Crippen molar-refractivity contribution in [3.8, 4) is 5.75 Å². The van der Waals surface area contributed by atoms with Crippen molar-refractivity contribution in [3.63, 3.8) is 0 Å². The molecule has 17 heavy (non-hydrogen) atoms. The number of para-hydroxylation sites is 1. The number of fused-ring (bicyclic) bond motifs is 1. The molecule has 0 saturated carbocycles. The van der Waals surface area contributed by atoms with E-state index in [9.17, 15) is 0 Å². The summed E-state index contributed by atoms with van der Waals surface area (Å²) in [5.41, 5.74) is 1.17. The maximum absolute atomic E-state index is 6.01. The molecule has 2 heterocycles. The number of ether oxygens (including phenoxy) is 1. The highest BCUT2D eigenvalue weighted by Crippen LogP contribution is 2.30. The summed E-state index contributed by atoms with van der Waals surface area (Å²) in [6.45, 7) is 1.75. The Kier molecular flexibility index (Phi) is 2.61. The van der Waals surface area contributed by atoms with Gasteiger partial charge in [-0.15, -0.1) is 0 Å². The van der Waals surface area contributed by atoms with E-state index >= 15 is 0 Å². The van der Waals surface area contributed by atoms with Crippen LogP contribution in [0.1, 0.15) is 17.4 Å². The van der Waals surface area contributed by atoms with Gasteiger partial charge in [0.1, 0.15) is 17.6 Å². The standard InChI is InChI=1S/C14H15NO2/c1-15-9-13-12(7-8-16-13)14(10-15)17-11-5-3-2-4-6-11/h2-8,14H,9-10H2,1H3. The third kappa shape index (κ3) is 2.06. The lowest BCUT2D eigenvalue weighted by molar-refractivity contribution is 0.120. The van der Waals surface area contributed by atoms with Crippen LogP contribution in [0.25, 0.3) is 0 Å². The van der Waals surface area contributed by atoms with E-state index in [1.807, 2.05) is 36.4 Å². The first kappa shape index (κ1) is 10.4. The molecule has 0 fully saturated rings. The molecule has 1 aromatic heterocycles. The van der Waals surface area contributed by atoms with Crippen LogP contribution < -0.4 is 4.74 Å². The second-order valence-corrected chi connectivity index (χ2v) is 4.42. The minimum atomic E-state index is 0.0601. The van der Waals surface area contributed by atoms with Crippen LogP contribution in [0.3, 0.4) is 0 Å². The van der Waals surface area contributed by atoms with E-state index in [2.05, 4.69) is 11.9 Å². The van der Waals surface area contributed by atoms with Gasteiger partial charge in [0, 0.05) is 12.1 Å². The van der Waals surface area contributed by atoms with Gasteiger partial charge in [0.15, 0.2) is 0 Å². The fourth-order valence-electron chi connectivity index (χ4n) is 2.22. The lowest BCUT2D eigenvalue weighted by atomic mass is 10.1. The highest BCUT2D eigenvalue weighted by atomic mass is 16.5. The Morgan fingerprint density at radius 1 is 1.24 bits per heavy atom. The largest absolute Gasteiger partial charge is 0.484 e. The van der Waals surface area contributed by atoms with Crippen molar-refractivity contribution in [1.29, 1.82) is 0 Å². The van der Waals surface area contributed by atoms with Crippen LogP contribution in [-0.2, 0) is 6.54 Å². The van der Waals surface area contributed by atoms with Gasteiger partial charge >= 0.3 is 0 Å². The zero-order valence-electron chi connectivity index (χ0n) is 9.80. The third-order valence-electron chi connectivity index (χ3n) is 3.04. The van der Waals surface area contributed by atoms with Crippen molar-refractivity contribution in [1.82, 2.24) is 4.90 Å². The molecule has 3 heteroatoms. The Morgan fingerprint density at radius 3 is 2.88 bits per heavy atom. The smallest absolute Gasteiger partial charge is 0.140 e. The fourth-order valence-corrected chi connectivity index (χ4v) is 2.22. The second-order valence-electron chi connectivity index (χ2n) is 4.42. The number of hydrogen-bond acceptors (Lipinski definition) is 3. The Morgan fingerprint density at radius 2 is 2.06 bits per heavy atom. The molecule has 3 nitrogen and oxygen atoms in total. The Bertz CT molecular complexity index is 492. The summed E-state index contributed by atoms with van der Waals surface area (Å²) >= 11 is 0. The molecule has 1 aliphatic rings. The van der Waals surface area contributed by atoms with Gasteiger partial charge in [-0.05, 0) is 25.2 Å². The Hall–Kier alpha value is -1.74. The molecule has 0 N–H and O–H groups in total. The lowest BCUT2D eigenvalue weighted by Crippen LogP contribution is -2.32. The number of nitrogens with zero attached hydrogens (tertiary/aromatic N) is 1. The minimum Gasteiger partial charge on any atom is -0.484 e. The van der Waals surface area contributed by atoms with Crippen LogP contribution in [0.4, 0.5) is 0 Å². The summed E-state index contributed by atoms with van der Waals surface area (Å²) in [6.07, 6.45) is 1.80. The van der Waals surface area contributed by atoms with Crippen molar-refractivity contribution in [2.24, 2.45) is 0 Å². The highest BCUT2D eigenvalue weighted by Gasteiger charge is 2.27. The second kappa shape index (κ2) is 4.26. The van der Waals surface area contributed by atoms with Crippen LogP contribution in [0.15, 0.2) is 47.1 Å². The molecule has 0 aliphatic carbocycles. The normalized spacial score (nSPS) is 19.9. The summed E-state index contributed by atoms with van der Waals surface area (Å²) in [5, 5.41) is 0. The minimum absolute atomic E-state index is 0.0601. The van der Waals surface area contributed by atoms with Gasteiger partial charge < -0.3 is 9.15 Å². The van der Waals surface area contributed by atoms with Crippen LogP contribution in [0.2, 0.25) is 0 Å². The van der Waals surface area contributed by atoms with E-state index in [1.54, 1.807) is 6.26 Å². The van der Waals surface area contributed by atoms with Crippen LogP contribution in [0, 0.1) is 0 Å². The number of benzene rings is 1. The fraction of sp³-hybridized carbons (Fsp3) is 0.286. The quantitative estimate of drug-likeness (QED) is 0.791. The lowest BCUT2D eigenvalue weighted by Gasteiger charge is -2.29. The summed E-state index contributed by atoms with van der Waals surface area (Å²) in [4.78, 5) is 2.21. The SMILES string of the molecule is CN1Cc2occc2C(Oc2ccccc2)C1. The molecular weight excluding hydrogens is 214 g/mol. The number of hydrogen-bond donors (Lipinski definition) is 0. The van der Waals surface area contributed by atoms with Crippen molar-refractivity contribution in [3.05, 3.63) is 54.0 Å². The predicted octanol–water partition coefficient (Wildman–Crippen LogP) is 2.85. The molecule has 1 aromatic carbocycles. The maximum atomic E-state index is 6.01. The first-order valence-electron chi connectivity index (χ1n) is 5.79. The number of likely N-dealkylation sites (N-methyl/N-ethyl adjacent to an activating group) is 1. The van der Waals surface area contributed by atoms with Gasteiger partial charge in [-0.2, -0.15) is 0 Å². The third-order valence-corrected chi connectivity index (χ3v) is 3.04. The van der Waals surface area contributed by atoms with E-state index < -0.39 is 0 Å². The number of furan rings is 1. The van der Waals surface area contributed by atoms with E-state index in [1.165, 1.54) is 5.56 Å². The van der Waals surface area contributed by atoms with Crippen molar-refractivity contribution < 1.29 is 9.15 Å². The Balaban J connectivity index is 1.85. The van der Waals surface area contributed by atoms with Crippen LogP contribution >= 0.6 is 0 Å². The van der Waals surface area contributed by atoms with Gasteiger partial charge in [0.05, 0.1) is 12.8 Å². The molecule has 1 atom stereocenters. The molecule has 1 aliphatic heterocycles. The molecule has 0 saturated heterocycles. The van der Waals surface area contributed by atoms with E-state index in [-0.39, 0.29) is 6.10 Å². The molecule has 1 unspecified atom stereocenters. The molecule has 0 radical (unpaired) electrons. The first-order valence-corrected chi connectivity index (χ1v) is 5.79. The first-order chi connectivity index (χ1) is 8.33. The summed E-state index contributed by atoms with van der Waals surface area (Å²) in [5.74, 6) is 1.92. The van der Waals surface area contributed by atoms with E-state index in [0.717, 1.165) is 24.6 Å².